The molecule has 6 heteroatoms. The van der Waals surface area contributed by atoms with Crippen molar-refractivity contribution in [2.45, 2.75) is 45.4 Å². The van der Waals surface area contributed by atoms with Crippen LogP contribution in [0.3, 0.4) is 0 Å². The Morgan fingerprint density at radius 3 is 2.23 bits per heavy atom. The Morgan fingerprint density at radius 1 is 1.08 bits per heavy atom. The largest absolute Gasteiger partial charge is 0.496 e. The molecule has 0 aliphatic rings. The SMILES string of the molecule is COc1cc(C)c(C(C)NS(=O)(=O)Cc2ccc(F)cc2)cc1C(C)C. The van der Waals surface area contributed by atoms with Crippen LogP contribution in [0, 0.1) is 12.7 Å². The van der Waals surface area contributed by atoms with Crippen molar-refractivity contribution < 1.29 is 17.5 Å². The molecule has 1 atom stereocenters. The predicted octanol–water partition coefficient (Wildman–Crippen LogP) is 4.45. The van der Waals surface area contributed by atoms with Crippen molar-refractivity contribution in [2.75, 3.05) is 7.11 Å². The molecular weight excluding hydrogens is 353 g/mol. The molecule has 0 aromatic heterocycles. The van der Waals surface area contributed by atoms with E-state index in [2.05, 4.69) is 18.6 Å². The first-order chi connectivity index (χ1) is 12.1. The minimum absolute atomic E-state index is 0.191. The van der Waals surface area contributed by atoms with E-state index in [0.29, 0.717) is 5.56 Å². The number of benzene rings is 2. The van der Waals surface area contributed by atoms with Gasteiger partial charge in [0, 0.05) is 6.04 Å². The third-order valence-electron chi connectivity index (χ3n) is 4.33. The van der Waals surface area contributed by atoms with E-state index < -0.39 is 10.0 Å². The van der Waals surface area contributed by atoms with Crippen LogP contribution in [0.5, 0.6) is 5.75 Å². The molecule has 0 heterocycles. The van der Waals surface area contributed by atoms with Crippen molar-refractivity contribution in [3.05, 3.63) is 64.5 Å². The van der Waals surface area contributed by atoms with Crippen molar-refractivity contribution in [1.29, 1.82) is 0 Å². The maximum atomic E-state index is 13.0. The average molecular weight is 379 g/mol. The molecule has 0 aliphatic carbocycles. The normalized spacial score (nSPS) is 13.0. The van der Waals surface area contributed by atoms with Gasteiger partial charge in [-0.25, -0.2) is 17.5 Å². The van der Waals surface area contributed by atoms with Crippen molar-refractivity contribution in [2.24, 2.45) is 0 Å². The zero-order valence-corrected chi connectivity index (χ0v) is 16.7. The number of methoxy groups -OCH3 is 1. The van der Waals surface area contributed by atoms with E-state index in [1.54, 1.807) is 7.11 Å². The Labute approximate surface area is 155 Å². The van der Waals surface area contributed by atoms with Gasteiger partial charge in [-0.15, -0.1) is 0 Å². The van der Waals surface area contributed by atoms with Crippen LogP contribution in [0.15, 0.2) is 36.4 Å². The summed E-state index contributed by atoms with van der Waals surface area (Å²) in [6, 6.07) is 9.04. The second-order valence-electron chi connectivity index (χ2n) is 6.83. The molecule has 2 rings (SSSR count). The smallest absolute Gasteiger partial charge is 0.216 e. The van der Waals surface area contributed by atoms with Crippen molar-refractivity contribution in [1.82, 2.24) is 4.72 Å². The highest BCUT2D eigenvalue weighted by atomic mass is 32.2. The van der Waals surface area contributed by atoms with Crippen LogP contribution < -0.4 is 9.46 Å². The second-order valence-corrected chi connectivity index (χ2v) is 8.58. The Hall–Kier alpha value is -1.92. The molecule has 0 spiro atoms. The molecule has 0 amide bonds. The molecule has 2 aromatic rings. The summed E-state index contributed by atoms with van der Waals surface area (Å²) >= 11 is 0. The Kier molecular flexibility index (Phi) is 6.42. The number of halogens is 1. The third kappa shape index (κ3) is 5.05. The van der Waals surface area contributed by atoms with Crippen LogP contribution in [0.25, 0.3) is 0 Å². The molecule has 26 heavy (non-hydrogen) atoms. The van der Waals surface area contributed by atoms with Crippen LogP contribution in [0.1, 0.15) is 55.0 Å². The lowest BCUT2D eigenvalue weighted by Gasteiger charge is -2.21. The summed E-state index contributed by atoms with van der Waals surface area (Å²) < 4.78 is 46.1. The summed E-state index contributed by atoms with van der Waals surface area (Å²) in [5.74, 6) is 0.488. The van der Waals surface area contributed by atoms with E-state index in [9.17, 15) is 12.8 Å². The molecule has 1 N–H and O–H groups in total. The fraction of sp³-hybridized carbons (Fsp3) is 0.400. The summed E-state index contributed by atoms with van der Waals surface area (Å²) in [5.41, 5.74) is 3.46. The average Bonchev–Trinajstić information content (AvgIpc) is 2.55. The van der Waals surface area contributed by atoms with Gasteiger partial charge >= 0.3 is 0 Å². The number of sulfonamides is 1. The number of ether oxygens (including phenoxy) is 1. The van der Waals surface area contributed by atoms with Gasteiger partial charge in [-0.05, 0) is 66.3 Å². The lowest BCUT2D eigenvalue weighted by Crippen LogP contribution is -2.28. The first-order valence-electron chi connectivity index (χ1n) is 8.56. The van der Waals surface area contributed by atoms with Crippen LogP contribution in [-0.2, 0) is 15.8 Å². The molecule has 2 aromatic carbocycles. The zero-order chi connectivity index (χ0) is 19.5. The quantitative estimate of drug-likeness (QED) is 0.773. The lowest BCUT2D eigenvalue weighted by molar-refractivity contribution is 0.406. The van der Waals surface area contributed by atoms with Crippen LogP contribution in [0.4, 0.5) is 4.39 Å². The maximum absolute atomic E-state index is 13.0. The van der Waals surface area contributed by atoms with Gasteiger partial charge in [0.15, 0.2) is 0 Å². The fourth-order valence-corrected chi connectivity index (χ4v) is 4.37. The number of rotatable bonds is 7. The van der Waals surface area contributed by atoms with E-state index in [-0.39, 0.29) is 23.5 Å². The van der Waals surface area contributed by atoms with Gasteiger partial charge in [0.25, 0.3) is 0 Å². The van der Waals surface area contributed by atoms with Gasteiger partial charge in [0.05, 0.1) is 12.9 Å². The minimum atomic E-state index is -3.56. The van der Waals surface area contributed by atoms with E-state index >= 15 is 0 Å². The molecule has 0 saturated heterocycles. The van der Waals surface area contributed by atoms with E-state index in [1.807, 2.05) is 26.0 Å². The van der Waals surface area contributed by atoms with Gasteiger partial charge in [0.2, 0.25) is 10.0 Å². The maximum Gasteiger partial charge on any atom is 0.216 e. The van der Waals surface area contributed by atoms with Crippen molar-refractivity contribution >= 4 is 10.0 Å². The summed E-state index contributed by atoms with van der Waals surface area (Å²) in [5, 5.41) is 0. The topological polar surface area (TPSA) is 55.4 Å². The molecule has 142 valence electrons. The molecule has 0 aliphatic heterocycles. The summed E-state index contributed by atoms with van der Waals surface area (Å²) in [4.78, 5) is 0. The Balaban J connectivity index is 2.24. The van der Waals surface area contributed by atoms with E-state index in [4.69, 9.17) is 4.74 Å². The monoisotopic (exact) mass is 379 g/mol. The third-order valence-corrected chi connectivity index (χ3v) is 5.76. The molecule has 0 bridgehead atoms. The zero-order valence-electron chi connectivity index (χ0n) is 15.8. The standard InChI is InChI=1S/C20H26FNO3S/c1-13(2)18-11-19(14(3)10-20(18)25-5)15(4)22-26(23,24)12-16-6-8-17(21)9-7-16/h6-11,13,15,22H,12H2,1-5H3. The first-order valence-corrected chi connectivity index (χ1v) is 10.2. The fourth-order valence-electron chi connectivity index (χ4n) is 2.98. The lowest BCUT2D eigenvalue weighted by atomic mass is 9.94. The minimum Gasteiger partial charge on any atom is -0.496 e. The molecule has 0 fully saturated rings. The van der Waals surface area contributed by atoms with Gasteiger partial charge in [-0.2, -0.15) is 0 Å². The summed E-state index contributed by atoms with van der Waals surface area (Å²) in [7, 11) is -1.93. The molecule has 4 nitrogen and oxygen atoms in total. The van der Waals surface area contributed by atoms with E-state index in [0.717, 1.165) is 22.4 Å². The molecular formula is C20H26FNO3S. The van der Waals surface area contributed by atoms with E-state index in [1.165, 1.54) is 24.3 Å². The van der Waals surface area contributed by atoms with Gasteiger partial charge in [-0.1, -0.05) is 26.0 Å². The second kappa shape index (κ2) is 8.18. The summed E-state index contributed by atoms with van der Waals surface area (Å²) in [6.07, 6.45) is 0. The van der Waals surface area contributed by atoms with Crippen molar-refractivity contribution in [3.63, 3.8) is 0 Å². The summed E-state index contributed by atoms with van der Waals surface area (Å²) in [6.45, 7) is 7.90. The van der Waals surface area contributed by atoms with Crippen LogP contribution in [0.2, 0.25) is 0 Å². The number of hydrogen-bond donors (Lipinski definition) is 1. The molecule has 0 saturated carbocycles. The Bertz CT molecular complexity index is 861. The van der Waals surface area contributed by atoms with Gasteiger partial charge in [0.1, 0.15) is 11.6 Å². The van der Waals surface area contributed by atoms with Crippen LogP contribution in [-0.4, -0.2) is 15.5 Å². The first kappa shape index (κ1) is 20.4. The van der Waals surface area contributed by atoms with Crippen LogP contribution >= 0.6 is 0 Å². The number of hydrogen-bond acceptors (Lipinski definition) is 3. The number of nitrogens with one attached hydrogen (secondary N) is 1. The highest BCUT2D eigenvalue weighted by molar-refractivity contribution is 7.88. The molecule has 0 radical (unpaired) electrons. The van der Waals surface area contributed by atoms with Gasteiger partial charge < -0.3 is 4.74 Å². The highest BCUT2D eigenvalue weighted by Crippen LogP contribution is 2.32. The Morgan fingerprint density at radius 2 is 1.69 bits per heavy atom. The number of aryl methyl sites for hydroxylation is 1. The van der Waals surface area contributed by atoms with Gasteiger partial charge in [-0.3, -0.25) is 0 Å². The highest BCUT2D eigenvalue weighted by Gasteiger charge is 2.20. The predicted molar refractivity (Wildman–Crippen MR) is 102 cm³/mol. The van der Waals surface area contributed by atoms with Crippen molar-refractivity contribution in [3.8, 4) is 5.75 Å². The molecule has 1 unspecified atom stereocenters.